The van der Waals surface area contributed by atoms with E-state index in [2.05, 4.69) is 5.92 Å². The summed E-state index contributed by atoms with van der Waals surface area (Å²) in [6.07, 6.45) is 11.3. The number of ketones is 1. The number of hydrogen-bond acceptors (Lipinski definition) is 2. The fourth-order valence-electron chi connectivity index (χ4n) is 2.01. The molecule has 0 aromatic heterocycles. The van der Waals surface area contributed by atoms with Crippen LogP contribution in [0.2, 0.25) is 0 Å². The fraction of sp³-hybridized carbons (Fsp3) is 0.750. The van der Waals surface area contributed by atoms with E-state index in [9.17, 15) is 9.90 Å². The average molecular weight is 194 g/mol. The van der Waals surface area contributed by atoms with E-state index < -0.39 is 5.60 Å². The molecular weight excluding hydrogens is 176 g/mol. The second-order valence-electron chi connectivity index (χ2n) is 4.07. The maximum atomic E-state index is 11.7. The summed E-state index contributed by atoms with van der Waals surface area (Å²) in [6.45, 7) is 0. The molecule has 0 unspecified atom stereocenters. The first kappa shape index (κ1) is 11.3. The van der Waals surface area contributed by atoms with Crippen molar-refractivity contribution in [3.8, 4) is 12.3 Å². The van der Waals surface area contributed by atoms with Crippen molar-refractivity contribution < 1.29 is 9.90 Å². The molecule has 1 N–H and O–H groups in total. The lowest BCUT2D eigenvalue weighted by molar-refractivity contribution is -0.138. The molecule has 1 aliphatic carbocycles. The number of rotatable bonds is 3. The van der Waals surface area contributed by atoms with Gasteiger partial charge in [0.05, 0.1) is 0 Å². The van der Waals surface area contributed by atoms with E-state index in [4.69, 9.17) is 6.42 Å². The summed E-state index contributed by atoms with van der Waals surface area (Å²) in [4.78, 5) is 11.7. The third-order valence-corrected chi connectivity index (χ3v) is 2.95. The molecule has 0 radical (unpaired) electrons. The van der Waals surface area contributed by atoms with Crippen LogP contribution < -0.4 is 0 Å². The van der Waals surface area contributed by atoms with Crippen molar-refractivity contribution in [2.45, 2.75) is 57.0 Å². The van der Waals surface area contributed by atoms with Gasteiger partial charge in [0, 0.05) is 12.8 Å². The Morgan fingerprint density at radius 3 is 2.36 bits per heavy atom. The van der Waals surface area contributed by atoms with Crippen molar-refractivity contribution in [3.05, 3.63) is 0 Å². The molecule has 1 aliphatic rings. The molecule has 0 aromatic rings. The summed E-state index contributed by atoms with van der Waals surface area (Å²) in [5.41, 5.74) is -1.06. The lowest BCUT2D eigenvalue weighted by Crippen LogP contribution is -2.37. The maximum absolute atomic E-state index is 11.7. The summed E-state index contributed by atoms with van der Waals surface area (Å²) >= 11 is 0. The number of aliphatic hydroxyl groups is 1. The van der Waals surface area contributed by atoms with Crippen LogP contribution in [0, 0.1) is 12.3 Å². The molecule has 2 nitrogen and oxygen atoms in total. The number of Topliss-reactive ketones (excluding diaryl/α,β-unsaturated/α-hetero) is 1. The van der Waals surface area contributed by atoms with Gasteiger partial charge in [0.1, 0.15) is 5.60 Å². The van der Waals surface area contributed by atoms with Crippen molar-refractivity contribution in [2.75, 3.05) is 0 Å². The lowest BCUT2D eigenvalue weighted by Gasteiger charge is -2.24. The molecular formula is C12H18O2. The number of hydrogen-bond donors (Lipinski definition) is 1. The standard InChI is InChI=1S/C12H18O2/c1-2-3-8-11(13)12(14)9-6-4-5-7-10-12/h1,14H,3-10H2. The third-order valence-electron chi connectivity index (χ3n) is 2.95. The first-order chi connectivity index (χ1) is 6.69. The summed E-state index contributed by atoms with van der Waals surface area (Å²) < 4.78 is 0. The quantitative estimate of drug-likeness (QED) is 0.551. The van der Waals surface area contributed by atoms with E-state index in [1.807, 2.05) is 0 Å². The predicted molar refractivity (Wildman–Crippen MR) is 55.7 cm³/mol. The van der Waals surface area contributed by atoms with Gasteiger partial charge in [-0.1, -0.05) is 25.7 Å². The Morgan fingerprint density at radius 2 is 1.86 bits per heavy atom. The Morgan fingerprint density at radius 1 is 1.29 bits per heavy atom. The minimum atomic E-state index is -1.06. The first-order valence-corrected chi connectivity index (χ1v) is 5.38. The second kappa shape index (κ2) is 5.17. The molecule has 1 fully saturated rings. The van der Waals surface area contributed by atoms with Crippen LogP contribution in [0.3, 0.4) is 0 Å². The molecule has 0 aromatic carbocycles. The van der Waals surface area contributed by atoms with Gasteiger partial charge >= 0.3 is 0 Å². The van der Waals surface area contributed by atoms with Crippen LogP contribution in [-0.4, -0.2) is 16.5 Å². The van der Waals surface area contributed by atoms with Crippen LogP contribution in [-0.2, 0) is 4.79 Å². The van der Waals surface area contributed by atoms with Gasteiger partial charge in [-0.25, -0.2) is 0 Å². The number of carbonyl (C=O) groups is 1. The normalized spacial score (nSPS) is 20.9. The summed E-state index contributed by atoms with van der Waals surface area (Å²) in [5, 5.41) is 10.1. The van der Waals surface area contributed by atoms with Crippen molar-refractivity contribution in [1.82, 2.24) is 0 Å². The van der Waals surface area contributed by atoms with E-state index >= 15 is 0 Å². The summed E-state index contributed by atoms with van der Waals surface area (Å²) in [5.74, 6) is 2.38. The zero-order chi connectivity index (χ0) is 10.4. The predicted octanol–water partition coefficient (Wildman–Crippen LogP) is 2.05. The van der Waals surface area contributed by atoms with Crippen LogP contribution in [0.25, 0.3) is 0 Å². The number of carbonyl (C=O) groups excluding carboxylic acids is 1. The van der Waals surface area contributed by atoms with Gasteiger partial charge < -0.3 is 5.11 Å². The van der Waals surface area contributed by atoms with E-state index in [1.54, 1.807) is 0 Å². The van der Waals surface area contributed by atoms with E-state index in [0.717, 1.165) is 25.7 Å². The largest absolute Gasteiger partial charge is 0.382 e. The second-order valence-corrected chi connectivity index (χ2v) is 4.07. The Bertz CT molecular complexity index is 229. The van der Waals surface area contributed by atoms with Gasteiger partial charge in [-0.15, -0.1) is 12.3 Å². The van der Waals surface area contributed by atoms with E-state index in [1.165, 1.54) is 0 Å². The third kappa shape index (κ3) is 2.85. The molecule has 1 rings (SSSR count). The van der Waals surface area contributed by atoms with Gasteiger partial charge in [0.2, 0.25) is 0 Å². The highest BCUT2D eigenvalue weighted by Gasteiger charge is 2.34. The molecule has 0 spiro atoms. The summed E-state index contributed by atoms with van der Waals surface area (Å²) in [7, 11) is 0. The van der Waals surface area contributed by atoms with Crippen molar-refractivity contribution in [1.29, 1.82) is 0 Å². The van der Waals surface area contributed by atoms with Crippen LogP contribution in [0.4, 0.5) is 0 Å². The fourth-order valence-corrected chi connectivity index (χ4v) is 2.01. The van der Waals surface area contributed by atoms with E-state index in [-0.39, 0.29) is 5.78 Å². The Balaban J connectivity index is 2.53. The molecule has 0 heterocycles. The molecule has 0 amide bonds. The topological polar surface area (TPSA) is 37.3 Å². The summed E-state index contributed by atoms with van der Waals surface area (Å²) in [6, 6.07) is 0. The minimum Gasteiger partial charge on any atom is -0.382 e. The molecule has 14 heavy (non-hydrogen) atoms. The van der Waals surface area contributed by atoms with Gasteiger partial charge in [-0.05, 0) is 12.8 Å². The Hall–Kier alpha value is -0.810. The average Bonchev–Trinajstić information content (AvgIpc) is 2.40. The molecule has 0 bridgehead atoms. The molecule has 0 aliphatic heterocycles. The lowest BCUT2D eigenvalue weighted by atomic mass is 9.87. The van der Waals surface area contributed by atoms with Crippen molar-refractivity contribution >= 4 is 5.78 Å². The van der Waals surface area contributed by atoms with Gasteiger partial charge in [0.25, 0.3) is 0 Å². The van der Waals surface area contributed by atoms with Crippen LogP contribution in [0.1, 0.15) is 51.4 Å². The highest BCUT2D eigenvalue weighted by atomic mass is 16.3. The highest BCUT2D eigenvalue weighted by Crippen LogP contribution is 2.28. The van der Waals surface area contributed by atoms with Crippen LogP contribution >= 0.6 is 0 Å². The zero-order valence-electron chi connectivity index (χ0n) is 8.59. The smallest absolute Gasteiger partial charge is 0.165 e. The molecule has 78 valence electrons. The van der Waals surface area contributed by atoms with Gasteiger partial charge in [-0.2, -0.15) is 0 Å². The minimum absolute atomic E-state index is 0.0580. The highest BCUT2D eigenvalue weighted by molar-refractivity contribution is 5.87. The molecule has 2 heteroatoms. The first-order valence-electron chi connectivity index (χ1n) is 5.38. The Labute approximate surface area is 85.7 Å². The van der Waals surface area contributed by atoms with Crippen molar-refractivity contribution in [3.63, 3.8) is 0 Å². The monoisotopic (exact) mass is 194 g/mol. The molecule has 1 saturated carbocycles. The zero-order valence-corrected chi connectivity index (χ0v) is 8.59. The maximum Gasteiger partial charge on any atom is 0.165 e. The SMILES string of the molecule is C#CCCC(=O)C1(O)CCCCCC1. The molecule has 0 saturated heterocycles. The van der Waals surface area contributed by atoms with E-state index in [0.29, 0.717) is 25.7 Å². The van der Waals surface area contributed by atoms with Crippen LogP contribution in [0.5, 0.6) is 0 Å². The van der Waals surface area contributed by atoms with Crippen LogP contribution in [0.15, 0.2) is 0 Å². The Kier molecular flexibility index (Phi) is 4.16. The van der Waals surface area contributed by atoms with Gasteiger partial charge in [0.15, 0.2) is 5.78 Å². The molecule has 0 atom stereocenters. The van der Waals surface area contributed by atoms with Gasteiger partial charge in [-0.3, -0.25) is 4.79 Å². The van der Waals surface area contributed by atoms with Crippen molar-refractivity contribution in [2.24, 2.45) is 0 Å². The number of terminal acetylenes is 1.